The maximum atomic E-state index is 12.2. The summed E-state index contributed by atoms with van der Waals surface area (Å²) in [5.41, 5.74) is 6.64. The van der Waals surface area contributed by atoms with E-state index in [0.29, 0.717) is 12.0 Å². The third kappa shape index (κ3) is 5.20. The molecule has 7 nitrogen and oxygen atoms in total. The van der Waals surface area contributed by atoms with Crippen LogP contribution in [0, 0.1) is 0 Å². The van der Waals surface area contributed by atoms with Crippen molar-refractivity contribution in [2.24, 2.45) is 0 Å². The lowest BCUT2D eigenvalue weighted by molar-refractivity contribution is -0.138. The topological polar surface area (TPSA) is 108 Å². The van der Waals surface area contributed by atoms with Crippen LogP contribution in [-0.2, 0) is 16.0 Å². The first-order valence-electron chi connectivity index (χ1n) is 7.34. The highest BCUT2D eigenvalue weighted by molar-refractivity contribution is 5.96. The van der Waals surface area contributed by atoms with E-state index in [9.17, 15) is 14.4 Å². The number of amides is 2. The van der Waals surface area contributed by atoms with Gasteiger partial charge >= 0.3 is 5.97 Å². The van der Waals surface area contributed by atoms with Crippen molar-refractivity contribution in [3.8, 4) is 0 Å². The third-order valence-corrected chi connectivity index (χ3v) is 3.27. The van der Waals surface area contributed by atoms with Gasteiger partial charge in [0.15, 0.2) is 0 Å². The van der Waals surface area contributed by atoms with E-state index in [-0.39, 0.29) is 12.8 Å². The molecule has 0 atom stereocenters. The number of hydrogen-bond acceptors (Lipinski definition) is 4. The van der Waals surface area contributed by atoms with Crippen molar-refractivity contribution >= 4 is 17.8 Å². The molecule has 1 heterocycles. The van der Waals surface area contributed by atoms with E-state index in [1.165, 1.54) is 6.20 Å². The van der Waals surface area contributed by atoms with E-state index < -0.39 is 17.8 Å². The first kappa shape index (κ1) is 17.1. The summed E-state index contributed by atoms with van der Waals surface area (Å²) in [7, 11) is 0. The standard InChI is InChI=1S/C17H17N3O4/c21-15(6-7-16(22)23)19-20-17(24)14-11-18-9-8-13(14)10-12-4-2-1-3-5-12/h1-5,8-9,11H,6-7,10H2,(H,19,21)(H,20,24)(H,22,23). The molecule has 0 radical (unpaired) electrons. The lowest BCUT2D eigenvalue weighted by Crippen LogP contribution is -2.42. The van der Waals surface area contributed by atoms with Crippen LogP contribution in [0.25, 0.3) is 0 Å². The molecular weight excluding hydrogens is 310 g/mol. The van der Waals surface area contributed by atoms with Crippen molar-refractivity contribution in [2.45, 2.75) is 19.3 Å². The molecule has 2 amide bonds. The Hall–Kier alpha value is -3.22. The number of hydrazine groups is 1. The van der Waals surface area contributed by atoms with Crippen molar-refractivity contribution in [2.75, 3.05) is 0 Å². The molecule has 2 rings (SSSR count). The Kier molecular flexibility index (Phi) is 6.01. The predicted molar refractivity (Wildman–Crippen MR) is 86.0 cm³/mol. The summed E-state index contributed by atoms with van der Waals surface area (Å²) in [5.74, 6) is -2.15. The minimum Gasteiger partial charge on any atom is -0.481 e. The number of nitrogens with zero attached hydrogens (tertiary/aromatic N) is 1. The summed E-state index contributed by atoms with van der Waals surface area (Å²) in [6, 6.07) is 11.4. The van der Waals surface area contributed by atoms with Gasteiger partial charge < -0.3 is 5.11 Å². The monoisotopic (exact) mass is 327 g/mol. The average molecular weight is 327 g/mol. The Morgan fingerprint density at radius 2 is 1.75 bits per heavy atom. The molecule has 0 aliphatic carbocycles. The van der Waals surface area contributed by atoms with Gasteiger partial charge in [0.25, 0.3) is 5.91 Å². The fourth-order valence-electron chi connectivity index (χ4n) is 2.07. The molecule has 0 unspecified atom stereocenters. The van der Waals surface area contributed by atoms with E-state index in [4.69, 9.17) is 5.11 Å². The SMILES string of the molecule is O=C(O)CCC(=O)NNC(=O)c1cnccc1Cc1ccccc1. The van der Waals surface area contributed by atoms with Crippen molar-refractivity contribution in [3.05, 3.63) is 65.5 Å². The van der Waals surface area contributed by atoms with E-state index in [2.05, 4.69) is 15.8 Å². The molecule has 0 saturated heterocycles. The number of aromatic nitrogens is 1. The third-order valence-electron chi connectivity index (χ3n) is 3.27. The lowest BCUT2D eigenvalue weighted by atomic mass is 10.0. The highest BCUT2D eigenvalue weighted by Crippen LogP contribution is 2.13. The van der Waals surface area contributed by atoms with Crippen LogP contribution in [0.5, 0.6) is 0 Å². The first-order chi connectivity index (χ1) is 11.6. The zero-order valence-corrected chi connectivity index (χ0v) is 12.9. The predicted octanol–water partition coefficient (Wildman–Crippen LogP) is 1.30. The van der Waals surface area contributed by atoms with Gasteiger partial charge in [-0.1, -0.05) is 30.3 Å². The van der Waals surface area contributed by atoms with Gasteiger partial charge in [-0.15, -0.1) is 0 Å². The molecule has 3 N–H and O–H groups in total. The van der Waals surface area contributed by atoms with E-state index in [1.54, 1.807) is 12.3 Å². The summed E-state index contributed by atoms with van der Waals surface area (Å²) >= 11 is 0. The summed E-state index contributed by atoms with van der Waals surface area (Å²) < 4.78 is 0. The molecule has 0 bridgehead atoms. The molecule has 1 aromatic heterocycles. The maximum absolute atomic E-state index is 12.2. The number of aliphatic carboxylic acids is 1. The highest BCUT2D eigenvalue weighted by atomic mass is 16.4. The van der Waals surface area contributed by atoms with Crippen LogP contribution in [0.1, 0.15) is 34.3 Å². The van der Waals surface area contributed by atoms with Crippen molar-refractivity contribution in [3.63, 3.8) is 0 Å². The van der Waals surface area contributed by atoms with E-state index >= 15 is 0 Å². The first-order valence-corrected chi connectivity index (χ1v) is 7.34. The molecule has 7 heteroatoms. The Morgan fingerprint density at radius 3 is 2.46 bits per heavy atom. The van der Waals surface area contributed by atoms with Crippen molar-refractivity contribution in [1.82, 2.24) is 15.8 Å². The Balaban J connectivity index is 1.99. The highest BCUT2D eigenvalue weighted by Gasteiger charge is 2.13. The smallest absolute Gasteiger partial charge is 0.303 e. The van der Waals surface area contributed by atoms with Gasteiger partial charge in [-0.05, 0) is 23.6 Å². The Labute approximate surface area is 138 Å². The fraction of sp³-hybridized carbons (Fsp3) is 0.176. The largest absolute Gasteiger partial charge is 0.481 e. The van der Waals surface area contributed by atoms with E-state index in [0.717, 1.165) is 11.1 Å². The van der Waals surface area contributed by atoms with Gasteiger partial charge in [0, 0.05) is 18.8 Å². The van der Waals surface area contributed by atoms with Crippen LogP contribution < -0.4 is 10.9 Å². The molecular formula is C17H17N3O4. The molecule has 2 aromatic rings. The second-order valence-electron chi connectivity index (χ2n) is 5.09. The quantitative estimate of drug-likeness (QED) is 0.693. The van der Waals surface area contributed by atoms with Crippen LogP contribution >= 0.6 is 0 Å². The maximum Gasteiger partial charge on any atom is 0.303 e. The number of carbonyl (C=O) groups is 3. The Morgan fingerprint density at radius 1 is 1.00 bits per heavy atom. The number of rotatable bonds is 6. The Bertz CT molecular complexity index is 732. The number of carboxylic acids is 1. The molecule has 0 aliphatic rings. The van der Waals surface area contributed by atoms with Crippen LogP contribution in [0.15, 0.2) is 48.8 Å². The zero-order valence-electron chi connectivity index (χ0n) is 12.9. The summed E-state index contributed by atoms with van der Waals surface area (Å²) in [4.78, 5) is 38.0. The van der Waals surface area contributed by atoms with Gasteiger partial charge in [0.1, 0.15) is 0 Å². The van der Waals surface area contributed by atoms with Crippen LogP contribution in [-0.4, -0.2) is 27.9 Å². The number of carboxylic acid groups (broad SMARTS) is 1. The molecule has 0 fully saturated rings. The lowest BCUT2D eigenvalue weighted by Gasteiger charge is -2.10. The van der Waals surface area contributed by atoms with Gasteiger partial charge in [-0.25, -0.2) is 0 Å². The van der Waals surface area contributed by atoms with Gasteiger partial charge in [0.2, 0.25) is 5.91 Å². The van der Waals surface area contributed by atoms with E-state index in [1.807, 2.05) is 30.3 Å². The average Bonchev–Trinajstić information content (AvgIpc) is 2.59. The number of hydrogen-bond donors (Lipinski definition) is 3. The molecule has 0 saturated carbocycles. The molecule has 24 heavy (non-hydrogen) atoms. The second-order valence-corrected chi connectivity index (χ2v) is 5.09. The number of nitrogens with one attached hydrogen (secondary N) is 2. The minimum atomic E-state index is -1.08. The number of benzene rings is 1. The second kappa shape index (κ2) is 8.42. The van der Waals surface area contributed by atoms with Gasteiger partial charge in [0.05, 0.1) is 12.0 Å². The summed E-state index contributed by atoms with van der Waals surface area (Å²) in [6.07, 6.45) is 3.07. The summed E-state index contributed by atoms with van der Waals surface area (Å²) in [5, 5.41) is 8.52. The van der Waals surface area contributed by atoms with Crippen molar-refractivity contribution in [1.29, 1.82) is 0 Å². The van der Waals surface area contributed by atoms with Crippen molar-refractivity contribution < 1.29 is 19.5 Å². The molecule has 0 spiro atoms. The minimum absolute atomic E-state index is 0.209. The fourth-order valence-corrected chi connectivity index (χ4v) is 2.07. The molecule has 124 valence electrons. The van der Waals surface area contributed by atoms with Crippen LogP contribution in [0.3, 0.4) is 0 Å². The molecule has 0 aliphatic heterocycles. The van der Waals surface area contributed by atoms with Crippen LogP contribution in [0.2, 0.25) is 0 Å². The number of carbonyl (C=O) groups excluding carboxylic acids is 2. The van der Waals surface area contributed by atoms with Gasteiger partial charge in [-0.3, -0.25) is 30.2 Å². The summed E-state index contributed by atoms with van der Waals surface area (Å²) in [6.45, 7) is 0. The van der Waals surface area contributed by atoms with Gasteiger partial charge in [-0.2, -0.15) is 0 Å². The molecule has 1 aromatic carbocycles. The number of pyridine rings is 1. The zero-order chi connectivity index (χ0) is 17.4. The van der Waals surface area contributed by atoms with Crippen LogP contribution in [0.4, 0.5) is 0 Å². The normalized spacial score (nSPS) is 10.0.